The summed E-state index contributed by atoms with van der Waals surface area (Å²) in [5.74, 6) is -2.27. The lowest BCUT2D eigenvalue weighted by Gasteiger charge is -2.35. The first-order valence-corrected chi connectivity index (χ1v) is 10.2. The van der Waals surface area contributed by atoms with Crippen molar-refractivity contribution < 1.29 is 28.2 Å². The number of halogens is 2. The highest BCUT2D eigenvalue weighted by Gasteiger charge is 2.31. The van der Waals surface area contributed by atoms with Crippen LogP contribution >= 0.6 is 0 Å². The van der Waals surface area contributed by atoms with Gasteiger partial charge in [-0.3, -0.25) is 4.79 Å². The fourth-order valence-corrected chi connectivity index (χ4v) is 4.07. The molecule has 1 heterocycles. The summed E-state index contributed by atoms with van der Waals surface area (Å²) in [6.45, 7) is 1.01. The van der Waals surface area contributed by atoms with Gasteiger partial charge in [-0.05, 0) is 29.5 Å². The van der Waals surface area contributed by atoms with E-state index in [1.165, 1.54) is 0 Å². The Morgan fingerprint density at radius 1 is 1.17 bits per heavy atom. The Morgan fingerprint density at radius 3 is 2.70 bits per heavy atom. The van der Waals surface area contributed by atoms with Crippen molar-refractivity contribution in [3.8, 4) is 5.75 Å². The van der Waals surface area contributed by atoms with Crippen molar-refractivity contribution in [3.05, 3.63) is 58.7 Å². The molecule has 1 N–H and O–H groups in total. The van der Waals surface area contributed by atoms with Crippen LogP contribution < -0.4 is 9.64 Å². The summed E-state index contributed by atoms with van der Waals surface area (Å²) in [6.07, 6.45) is 2.86. The van der Waals surface area contributed by atoms with Gasteiger partial charge in [0.1, 0.15) is 11.9 Å². The van der Waals surface area contributed by atoms with Crippen LogP contribution in [0.4, 0.5) is 14.5 Å². The average Bonchev–Trinajstić information content (AvgIpc) is 2.70. The average molecular weight is 417 g/mol. The molecule has 0 saturated heterocycles. The summed E-state index contributed by atoms with van der Waals surface area (Å²) in [4.78, 5) is 12.6. The van der Waals surface area contributed by atoms with Crippen LogP contribution in [0.15, 0.2) is 30.3 Å². The summed E-state index contributed by atoms with van der Waals surface area (Å²) in [5.41, 5.74) is 3.34. The number of ether oxygens (including phenoxy) is 2. The van der Waals surface area contributed by atoms with Gasteiger partial charge in [-0.25, -0.2) is 8.78 Å². The zero-order valence-corrected chi connectivity index (χ0v) is 16.9. The van der Waals surface area contributed by atoms with Crippen molar-refractivity contribution in [2.75, 3.05) is 18.6 Å². The molecule has 2 aliphatic rings. The van der Waals surface area contributed by atoms with E-state index >= 15 is 0 Å². The van der Waals surface area contributed by atoms with Crippen LogP contribution in [0.25, 0.3) is 0 Å². The number of aliphatic carboxylic acids is 1. The summed E-state index contributed by atoms with van der Waals surface area (Å²) in [7, 11) is 1.65. The van der Waals surface area contributed by atoms with Crippen molar-refractivity contribution in [1.29, 1.82) is 0 Å². The Balaban J connectivity index is 1.49. The van der Waals surface area contributed by atoms with Crippen LogP contribution in [-0.4, -0.2) is 36.9 Å². The van der Waals surface area contributed by atoms with Gasteiger partial charge in [0.2, 0.25) is 0 Å². The maximum atomic E-state index is 14.6. The van der Waals surface area contributed by atoms with Crippen LogP contribution in [0.5, 0.6) is 5.75 Å². The first-order chi connectivity index (χ1) is 14.4. The Hall–Kier alpha value is -2.67. The van der Waals surface area contributed by atoms with Gasteiger partial charge < -0.3 is 19.5 Å². The minimum absolute atomic E-state index is 0.0426. The lowest BCUT2D eigenvalue weighted by Crippen LogP contribution is -2.39. The maximum Gasteiger partial charge on any atom is 0.303 e. The lowest BCUT2D eigenvalue weighted by atomic mass is 9.92. The number of aryl methyl sites for hydroxylation is 1. The van der Waals surface area contributed by atoms with Crippen LogP contribution in [0.1, 0.15) is 36.0 Å². The van der Waals surface area contributed by atoms with Gasteiger partial charge >= 0.3 is 5.97 Å². The van der Waals surface area contributed by atoms with Crippen LogP contribution in [0, 0.1) is 11.6 Å². The van der Waals surface area contributed by atoms with Gasteiger partial charge in [-0.1, -0.05) is 18.2 Å². The van der Waals surface area contributed by atoms with E-state index in [0.29, 0.717) is 31.7 Å². The van der Waals surface area contributed by atoms with Crippen molar-refractivity contribution in [2.45, 2.75) is 50.9 Å². The number of fused-ring (bicyclic) bond motifs is 1. The standard InChI is InChI=1S/C23H25F2NO4/c1-29-17-9-18(10-17)30-19-11-20(24)23(25)21(12-19)26-7-6-15-8-14(3-5-22(27)28)2-4-16(15)13-26/h2,4,8,11-12,17-18H,3,5-7,9-10,13H2,1H3,(H,27,28). The van der Waals surface area contributed by atoms with Gasteiger partial charge in [-0.15, -0.1) is 0 Å². The maximum absolute atomic E-state index is 14.6. The molecule has 30 heavy (non-hydrogen) atoms. The molecule has 1 saturated carbocycles. The fourth-order valence-electron chi connectivity index (χ4n) is 4.07. The number of rotatable bonds is 7. The monoisotopic (exact) mass is 417 g/mol. The Labute approximate surface area is 174 Å². The number of carboxylic acids is 1. The number of benzene rings is 2. The lowest BCUT2D eigenvalue weighted by molar-refractivity contribution is -0.136. The van der Waals surface area contributed by atoms with E-state index in [2.05, 4.69) is 0 Å². The number of hydrogen-bond acceptors (Lipinski definition) is 4. The number of hydrogen-bond donors (Lipinski definition) is 1. The molecule has 4 rings (SSSR count). The smallest absolute Gasteiger partial charge is 0.303 e. The largest absolute Gasteiger partial charge is 0.490 e. The van der Waals surface area contributed by atoms with E-state index in [1.807, 2.05) is 23.1 Å². The Kier molecular flexibility index (Phi) is 5.90. The molecule has 2 aromatic carbocycles. The summed E-state index contributed by atoms with van der Waals surface area (Å²) in [5, 5.41) is 8.86. The van der Waals surface area contributed by atoms with E-state index in [4.69, 9.17) is 14.6 Å². The fraction of sp³-hybridized carbons (Fsp3) is 0.435. The first kappa shape index (κ1) is 20.6. The summed E-state index contributed by atoms with van der Waals surface area (Å²) >= 11 is 0. The normalized spacial score (nSPS) is 20.4. The van der Waals surface area contributed by atoms with E-state index in [9.17, 15) is 13.6 Å². The number of methoxy groups -OCH3 is 1. The molecular weight excluding hydrogens is 392 g/mol. The third-order valence-electron chi connectivity index (χ3n) is 5.92. The molecule has 0 atom stereocenters. The molecule has 0 radical (unpaired) electrons. The second-order valence-corrected chi connectivity index (χ2v) is 7.98. The molecule has 5 nitrogen and oxygen atoms in total. The predicted molar refractivity (Wildman–Crippen MR) is 108 cm³/mol. The minimum atomic E-state index is -0.917. The SMILES string of the molecule is COC1CC(Oc2cc(F)c(F)c(N3CCc4cc(CCC(=O)O)ccc4C3)c2)C1. The summed E-state index contributed by atoms with van der Waals surface area (Å²) < 4.78 is 39.9. The molecule has 0 unspecified atom stereocenters. The topological polar surface area (TPSA) is 59.0 Å². The molecule has 0 spiro atoms. The van der Waals surface area contributed by atoms with Crippen LogP contribution in [0.3, 0.4) is 0 Å². The highest BCUT2D eigenvalue weighted by molar-refractivity contribution is 5.67. The summed E-state index contributed by atoms with van der Waals surface area (Å²) in [6, 6.07) is 8.56. The van der Waals surface area contributed by atoms with Gasteiger partial charge in [0.25, 0.3) is 0 Å². The van der Waals surface area contributed by atoms with Crippen LogP contribution in [-0.2, 0) is 28.9 Å². The van der Waals surface area contributed by atoms with E-state index in [0.717, 1.165) is 35.6 Å². The number of carbonyl (C=O) groups is 1. The first-order valence-electron chi connectivity index (χ1n) is 10.2. The van der Waals surface area contributed by atoms with Crippen molar-refractivity contribution >= 4 is 11.7 Å². The molecule has 0 bridgehead atoms. The van der Waals surface area contributed by atoms with Gasteiger partial charge in [0, 0.05) is 51.6 Å². The Morgan fingerprint density at radius 2 is 1.97 bits per heavy atom. The van der Waals surface area contributed by atoms with Gasteiger partial charge in [0.15, 0.2) is 11.6 Å². The molecule has 2 aromatic rings. The molecular formula is C23H25F2NO4. The molecule has 1 aliphatic heterocycles. The minimum Gasteiger partial charge on any atom is -0.490 e. The molecule has 0 aromatic heterocycles. The quantitative estimate of drug-likeness (QED) is 0.735. The zero-order chi connectivity index (χ0) is 21.3. The molecule has 0 amide bonds. The zero-order valence-electron chi connectivity index (χ0n) is 16.9. The highest BCUT2D eigenvalue weighted by atomic mass is 19.2. The molecule has 1 aliphatic carbocycles. The Bertz CT molecular complexity index is 943. The number of anilines is 1. The van der Waals surface area contributed by atoms with Crippen molar-refractivity contribution in [1.82, 2.24) is 0 Å². The van der Waals surface area contributed by atoms with Gasteiger partial charge in [0.05, 0.1) is 11.8 Å². The highest BCUT2D eigenvalue weighted by Crippen LogP contribution is 2.34. The third kappa shape index (κ3) is 4.41. The van der Waals surface area contributed by atoms with Crippen molar-refractivity contribution in [2.24, 2.45) is 0 Å². The van der Waals surface area contributed by atoms with Crippen molar-refractivity contribution in [3.63, 3.8) is 0 Å². The van der Waals surface area contributed by atoms with Crippen LogP contribution in [0.2, 0.25) is 0 Å². The molecule has 1 fully saturated rings. The predicted octanol–water partition coefficient (Wildman–Crippen LogP) is 4.10. The van der Waals surface area contributed by atoms with E-state index in [-0.39, 0.29) is 24.3 Å². The number of nitrogens with zero attached hydrogens (tertiary/aromatic N) is 1. The molecule has 7 heteroatoms. The second kappa shape index (κ2) is 8.60. The molecule has 160 valence electrons. The number of carboxylic acid groups (broad SMARTS) is 1. The second-order valence-electron chi connectivity index (χ2n) is 7.98. The van der Waals surface area contributed by atoms with Gasteiger partial charge in [-0.2, -0.15) is 0 Å². The van der Waals surface area contributed by atoms with E-state index < -0.39 is 17.6 Å². The third-order valence-corrected chi connectivity index (χ3v) is 5.92. The van der Waals surface area contributed by atoms with E-state index in [1.54, 1.807) is 13.2 Å².